The van der Waals surface area contributed by atoms with Crippen LogP contribution in [-0.4, -0.2) is 10.8 Å². The lowest BCUT2D eigenvalue weighted by Crippen LogP contribution is -2.17. The van der Waals surface area contributed by atoms with Gasteiger partial charge in [0.25, 0.3) is 0 Å². The zero-order valence-electron chi connectivity index (χ0n) is 8.58. The Morgan fingerprint density at radius 1 is 1.27 bits per heavy atom. The number of Topliss-reactive ketones (excluding diaryl/α,β-unsaturated/α-hetero) is 1. The van der Waals surface area contributed by atoms with Crippen molar-refractivity contribution in [3.8, 4) is 0 Å². The van der Waals surface area contributed by atoms with Gasteiger partial charge in [0.2, 0.25) is 0 Å². The van der Waals surface area contributed by atoms with Crippen LogP contribution in [0.25, 0.3) is 0 Å². The number of hydrogen-bond acceptors (Lipinski definition) is 2. The van der Waals surface area contributed by atoms with Crippen molar-refractivity contribution in [3.05, 3.63) is 29.0 Å². The van der Waals surface area contributed by atoms with Gasteiger partial charge in [-0.25, -0.2) is 4.98 Å². The lowest BCUT2D eigenvalue weighted by molar-refractivity contribution is 0.0889. The van der Waals surface area contributed by atoms with Crippen LogP contribution in [-0.2, 0) is 0 Å². The highest BCUT2D eigenvalue weighted by atomic mass is 35.5. The monoisotopic (exact) mass is 223 g/mol. The van der Waals surface area contributed by atoms with E-state index in [1.54, 1.807) is 18.3 Å². The van der Waals surface area contributed by atoms with E-state index in [0.29, 0.717) is 10.7 Å². The van der Waals surface area contributed by atoms with Gasteiger partial charge in [-0.15, -0.1) is 0 Å². The summed E-state index contributed by atoms with van der Waals surface area (Å²) in [6.07, 6.45) is 7.26. The Balaban J connectivity index is 2.09. The van der Waals surface area contributed by atoms with Gasteiger partial charge in [-0.05, 0) is 25.0 Å². The van der Waals surface area contributed by atoms with Crippen molar-refractivity contribution >= 4 is 17.4 Å². The molecule has 0 unspecified atom stereocenters. The van der Waals surface area contributed by atoms with Gasteiger partial charge in [-0.2, -0.15) is 0 Å². The molecule has 1 heterocycles. The van der Waals surface area contributed by atoms with Crippen molar-refractivity contribution in [1.29, 1.82) is 0 Å². The van der Waals surface area contributed by atoms with E-state index < -0.39 is 0 Å². The summed E-state index contributed by atoms with van der Waals surface area (Å²) in [5.41, 5.74) is 0.700. The maximum absolute atomic E-state index is 12.0. The second kappa shape index (κ2) is 4.75. The van der Waals surface area contributed by atoms with Gasteiger partial charge in [0.05, 0.1) is 0 Å². The maximum Gasteiger partial charge on any atom is 0.167 e. The number of halogens is 1. The Bertz CT molecular complexity index is 341. The first-order valence-electron chi connectivity index (χ1n) is 5.43. The minimum absolute atomic E-state index is 0.210. The first kappa shape index (κ1) is 10.6. The van der Waals surface area contributed by atoms with Crippen LogP contribution in [0.2, 0.25) is 5.15 Å². The molecule has 1 aliphatic carbocycles. The van der Waals surface area contributed by atoms with Crippen LogP contribution in [0, 0.1) is 5.92 Å². The second-order valence-electron chi connectivity index (χ2n) is 4.07. The van der Waals surface area contributed by atoms with Crippen LogP contribution in [0.15, 0.2) is 18.3 Å². The fourth-order valence-electron chi connectivity index (χ4n) is 2.12. The number of hydrogen-bond donors (Lipinski definition) is 0. The van der Waals surface area contributed by atoms with Crippen molar-refractivity contribution in [3.63, 3.8) is 0 Å². The quantitative estimate of drug-likeness (QED) is 0.568. The van der Waals surface area contributed by atoms with Crippen LogP contribution in [0.5, 0.6) is 0 Å². The Morgan fingerprint density at radius 3 is 2.60 bits per heavy atom. The fourth-order valence-corrected chi connectivity index (χ4v) is 2.23. The molecule has 1 aliphatic rings. The third kappa shape index (κ3) is 2.57. The van der Waals surface area contributed by atoms with Gasteiger partial charge >= 0.3 is 0 Å². The van der Waals surface area contributed by atoms with Crippen molar-refractivity contribution in [2.75, 3.05) is 0 Å². The van der Waals surface area contributed by atoms with Crippen molar-refractivity contribution in [2.24, 2.45) is 5.92 Å². The Labute approximate surface area is 94.7 Å². The highest BCUT2D eigenvalue weighted by Crippen LogP contribution is 2.26. The van der Waals surface area contributed by atoms with E-state index in [2.05, 4.69) is 4.98 Å². The number of rotatable bonds is 2. The zero-order chi connectivity index (χ0) is 10.7. The van der Waals surface area contributed by atoms with Crippen LogP contribution in [0.4, 0.5) is 0 Å². The molecule has 0 aromatic carbocycles. The molecule has 1 aromatic heterocycles. The molecule has 2 rings (SSSR count). The van der Waals surface area contributed by atoms with Gasteiger partial charge in [0, 0.05) is 17.7 Å². The number of pyridine rings is 1. The summed E-state index contributed by atoms with van der Waals surface area (Å²) in [5, 5.41) is 0.440. The van der Waals surface area contributed by atoms with E-state index in [-0.39, 0.29) is 11.7 Å². The number of nitrogens with zero attached hydrogens (tertiary/aromatic N) is 1. The summed E-state index contributed by atoms with van der Waals surface area (Å²) in [7, 11) is 0. The van der Waals surface area contributed by atoms with Crippen molar-refractivity contribution < 1.29 is 4.79 Å². The zero-order valence-corrected chi connectivity index (χ0v) is 9.33. The largest absolute Gasteiger partial charge is 0.294 e. The van der Waals surface area contributed by atoms with Crippen LogP contribution in [0.1, 0.15) is 42.5 Å². The Hall–Kier alpha value is -0.890. The second-order valence-corrected chi connectivity index (χ2v) is 4.46. The molecule has 0 N–H and O–H groups in total. The molecule has 1 fully saturated rings. The first-order valence-corrected chi connectivity index (χ1v) is 5.81. The summed E-state index contributed by atoms with van der Waals surface area (Å²) >= 11 is 5.68. The number of carbonyl (C=O) groups excluding carboxylic acids is 1. The first-order chi connectivity index (χ1) is 7.27. The van der Waals surface area contributed by atoms with E-state index in [9.17, 15) is 4.79 Å². The smallest absolute Gasteiger partial charge is 0.167 e. The Kier molecular flexibility index (Phi) is 3.37. The molecule has 0 spiro atoms. The topological polar surface area (TPSA) is 30.0 Å². The number of carbonyl (C=O) groups is 1. The molecule has 0 aliphatic heterocycles. The standard InChI is InChI=1S/C12H14ClNO/c13-11-7-6-10(8-14-11)12(15)9-4-2-1-3-5-9/h6-9H,1-5H2. The number of aromatic nitrogens is 1. The van der Waals surface area contributed by atoms with E-state index in [1.165, 1.54) is 19.3 Å². The lowest BCUT2D eigenvalue weighted by Gasteiger charge is -2.19. The molecule has 2 nitrogen and oxygen atoms in total. The van der Waals surface area contributed by atoms with Crippen LogP contribution >= 0.6 is 11.6 Å². The van der Waals surface area contributed by atoms with Gasteiger partial charge < -0.3 is 0 Å². The summed E-state index contributed by atoms with van der Waals surface area (Å²) < 4.78 is 0. The normalized spacial score (nSPS) is 17.7. The predicted octanol–water partition coefficient (Wildman–Crippen LogP) is 3.50. The summed E-state index contributed by atoms with van der Waals surface area (Å²) in [6, 6.07) is 3.45. The summed E-state index contributed by atoms with van der Waals surface area (Å²) in [5.74, 6) is 0.445. The highest BCUT2D eigenvalue weighted by Gasteiger charge is 2.22. The third-order valence-corrected chi connectivity index (χ3v) is 3.21. The van der Waals surface area contributed by atoms with E-state index >= 15 is 0 Å². The minimum atomic E-state index is 0.210. The molecule has 0 radical (unpaired) electrons. The minimum Gasteiger partial charge on any atom is -0.294 e. The van der Waals surface area contributed by atoms with Crippen molar-refractivity contribution in [2.45, 2.75) is 32.1 Å². The van der Waals surface area contributed by atoms with Gasteiger partial charge in [-0.1, -0.05) is 30.9 Å². The van der Waals surface area contributed by atoms with E-state index in [4.69, 9.17) is 11.6 Å². The van der Waals surface area contributed by atoms with Gasteiger partial charge in [-0.3, -0.25) is 4.79 Å². The molecule has 1 saturated carbocycles. The SMILES string of the molecule is O=C(c1ccc(Cl)nc1)C1CCCCC1. The molecule has 15 heavy (non-hydrogen) atoms. The molecule has 0 saturated heterocycles. The van der Waals surface area contributed by atoms with Crippen molar-refractivity contribution in [1.82, 2.24) is 4.98 Å². The molecule has 0 amide bonds. The number of ketones is 1. The summed E-state index contributed by atoms with van der Waals surface area (Å²) in [4.78, 5) is 16.0. The average molecular weight is 224 g/mol. The molecular formula is C12H14ClNO. The highest BCUT2D eigenvalue weighted by molar-refractivity contribution is 6.29. The third-order valence-electron chi connectivity index (χ3n) is 2.99. The van der Waals surface area contributed by atoms with E-state index in [0.717, 1.165) is 12.8 Å². The fraction of sp³-hybridized carbons (Fsp3) is 0.500. The van der Waals surface area contributed by atoms with E-state index in [1.807, 2.05) is 0 Å². The predicted molar refractivity (Wildman–Crippen MR) is 60.2 cm³/mol. The summed E-state index contributed by atoms with van der Waals surface area (Å²) in [6.45, 7) is 0. The molecule has 1 aromatic rings. The Morgan fingerprint density at radius 2 is 2.00 bits per heavy atom. The molecule has 0 atom stereocenters. The molecule has 3 heteroatoms. The molecule has 0 bridgehead atoms. The molecule has 80 valence electrons. The average Bonchev–Trinajstić information content (AvgIpc) is 2.30. The molecular weight excluding hydrogens is 210 g/mol. The van der Waals surface area contributed by atoms with Crippen LogP contribution < -0.4 is 0 Å². The van der Waals surface area contributed by atoms with Crippen LogP contribution in [0.3, 0.4) is 0 Å². The maximum atomic E-state index is 12.0. The lowest BCUT2D eigenvalue weighted by atomic mass is 9.84. The van der Waals surface area contributed by atoms with Gasteiger partial charge in [0.15, 0.2) is 5.78 Å². The van der Waals surface area contributed by atoms with Gasteiger partial charge in [0.1, 0.15) is 5.15 Å².